The molecule has 1 nitrogen and oxygen atoms in total. The summed E-state index contributed by atoms with van der Waals surface area (Å²) in [4.78, 5) is 0. The molecule has 16 heavy (non-hydrogen) atoms. The van der Waals surface area contributed by atoms with Crippen molar-refractivity contribution in [1.29, 1.82) is 0 Å². The molecule has 0 N–H and O–H groups in total. The lowest BCUT2D eigenvalue weighted by Gasteiger charge is -2.11. The van der Waals surface area contributed by atoms with Crippen LogP contribution in [0.5, 0.6) is 0 Å². The summed E-state index contributed by atoms with van der Waals surface area (Å²) in [7, 11) is 0. The summed E-state index contributed by atoms with van der Waals surface area (Å²) >= 11 is 9.69. The van der Waals surface area contributed by atoms with Gasteiger partial charge in [-0.05, 0) is 53.0 Å². The molecule has 0 radical (unpaired) electrons. The first kappa shape index (κ1) is 11.7. The van der Waals surface area contributed by atoms with Crippen molar-refractivity contribution in [2.45, 2.75) is 19.2 Å². The van der Waals surface area contributed by atoms with E-state index >= 15 is 0 Å². The Hall–Kier alpha value is -0.730. The van der Waals surface area contributed by atoms with E-state index in [2.05, 4.69) is 48.0 Å². The van der Waals surface area contributed by atoms with E-state index in [-0.39, 0.29) is 5.38 Å². The zero-order chi connectivity index (χ0) is 11.7. The Kier molecular flexibility index (Phi) is 3.41. The Morgan fingerprint density at radius 2 is 1.94 bits per heavy atom. The van der Waals surface area contributed by atoms with Crippen LogP contribution in [-0.4, -0.2) is 0 Å². The van der Waals surface area contributed by atoms with Gasteiger partial charge in [0.25, 0.3) is 0 Å². The highest BCUT2D eigenvalue weighted by Crippen LogP contribution is 2.33. The van der Waals surface area contributed by atoms with E-state index in [1.54, 1.807) is 0 Å². The van der Waals surface area contributed by atoms with Crippen molar-refractivity contribution in [2.24, 2.45) is 0 Å². The van der Waals surface area contributed by atoms with Crippen molar-refractivity contribution in [3.8, 4) is 0 Å². The van der Waals surface area contributed by atoms with Gasteiger partial charge in [0.05, 0.1) is 0 Å². The topological polar surface area (TPSA) is 13.1 Å². The zero-order valence-corrected chi connectivity index (χ0v) is 11.5. The molecule has 1 aromatic carbocycles. The summed E-state index contributed by atoms with van der Waals surface area (Å²) in [5.74, 6) is 0.766. The van der Waals surface area contributed by atoms with Gasteiger partial charge in [-0.25, -0.2) is 0 Å². The van der Waals surface area contributed by atoms with Gasteiger partial charge < -0.3 is 4.42 Å². The highest BCUT2D eigenvalue weighted by Gasteiger charge is 2.16. The molecule has 0 aliphatic carbocycles. The van der Waals surface area contributed by atoms with E-state index in [0.717, 1.165) is 11.3 Å². The molecule has 1 atom stereocenters. The molecule has 2 rings (SSSR count). The molecular weight excluding hydrogens is 287 g/mol. The first-order valence-electron chi connectivity index (χ1n) is 5.04. The van der Waals surface area contributed by atoms with Crippen molar-refractivity contribution >= 4 is 27.5 Å². The number of hydrogen-bond acceptors (Lipinski definition) is 1. The lowest BCUT2D eigenvalue weighted by molar-refractivity contribution is 0.493. The Balaban J connectivity index is 2.40. The van der Waals surface area contributed by atoms with Crippen LogP contribution in [0.3, 0.4) is 0 Å². The van der Waals surface area contributed by atoms with E-state index in [4.69, 9.17) is 16.0 Å². The smallest absolute Gasteiger partial charge is 0.169 e. The minimum Gasteiger partial charge on any atom is -0.452 e. The fourth-order valence-electron chi connectivity index (χ4n) is 1.65. The summed E-state index contributed by atoms with van der Waals surface area (Å²) in [5, 5.41) is -0.230. The van der Waals surface area contributed by atoms with Crippen LogP contribution in [0, 0.1) is 13.8 Å². The second-order valence-electron chi connectivity index (χ2n) is 3.86. The van der Waals surface area contributed by atoms with E-state index in [1.807, 2.05) is 12.1 Å². The number of alkyl halides is 1. The average molecular weight is 300 g/mol. The lowest BCUT2D eigenvalue weighted by atomic mass is 10.0. The highest BCUT2D eigenvalue weighted by molar-refractivity contribution is 9.10. The van der Waals surface area contributed by atoms with Gasteiger partial charge in [0.2, 0.25) is 0 Å². The second kappa shape index (κ2) is 4.64. The van der Waals surface area contributed by atoms with Gasteiger partial charge in [0, 0.05) is 0 Å². The maximum atomic E-state index is 6.41. The number of hydrogen-bond donors (Lipinski definition) is 0. The van der Waals surface area contributed by atoms with Crippen molar-refractivity contribution in [1.82, 2.24) is 0 Å². The molecule has 0 saturated carbocycles. The highest BCUT2D eigenvalue weighted by atomic mass is 79.9. The minimum absolute atomic E-state index is 0.230. The quantitative estimate of drug-likeness (QED) is 0.712. The van der Waals surface area contributed by atoms with Gasteiger partial charge in [0.1, 0.15) is 11.1 Å². The van der Waals surface area contributed by atoms with Crippen molar-refractivity contribution in [3.63, 3.8) is 0 Å². The molecule has 3 heteroatoms. The monoisotopic (exact) mass is 298 g/mol. The summed E-state index contributed by atoms with van der Waals surface area (Å²) in [6.45, 7) is 4.12. The van der Waals surface area contributed by atoms with Crippen LogP contribution < -0.4 is 0 Å². The minimum atomic E-state index is -0.230. The molecule has 0 spiro atoms. The predicted octanol–water partition coefficient (Wildman–Crippen LogP) is 4.99. The third-order valence-electron chi connectivity index (χ3n) is 2.55. The molecule has 0 saturated heterocycles. The fourth-order valence-corrected chi connectivity index (χ4v) is 2.32. The number of rotatable bonds is 2. The van der Waals surface area contributed by atoms with E-state index in [1.165, 1.54) is 11.1 Å². The molecule has 0 amide bonds. The standard InChI is InChI=1S/C13H12BrClO/c1-8-3-4-9(2)10(7-8)13(15)11-5-6-12(14)16-11/h3-7,13H,1-2H3. The summed E-state index contributed by atoms with van der Waals surface area (Å²) in [5.41, 5.74) is 3.48. The average Bonchev–Trinajstić information content (AvgIpc) is 2.67. The number of halogens is 2. The van der Waals surface area contributed by atoms with Crippen molar-refractivity contribution < 1.29 is 4.42 Å². The summed E-state index contributed by atoms with van der Waals surface area (Å²) in [6.07, 6.45) is 0. The molecule has 2 aromatic rings. The van der Waals surface area contributed by atoms with Crippen LogP contribution in [0.1, 0.15) is 27.8 Å². The molecule has 0 aliphatic rings. The van der Waals surface area contributed by atoms with E-state index < -0.39 is 0 Å². The first-order chi connectivity index (χ1) is 7.58. The van der Waals surface area contributed by atoms with E-state index in [9.17, 15) is 0 Å². The zero-order valence-electron chi connectivity index (χ0n) is 9.13. The molecule has 0 bridgehead atoms. The Morgan fingerprint density at radius 3 is 2.56 bits per heavy atom. The molecule has 1 unspecified atom stereocenters. The third kappa shape index (κ3) is 2.33. The van der Waals surface area contributed by atoms with Gasteiger partial charge in [0.15, 0.2) is 4.67 Å². The summed E-state index contributed by atoms with van der Waals surface area (Å²) < 4.78 is 6.19. The normalized spacial score (nSPS) is 12.8. The first-order valence-corrected chi connectivity index (χ1v) is 6.27. The van der Waals surface area contributed by atoms with Crippen LogP contribution in [0.15, 0.2) is 39.4 Å². The van der Waals surface area contributed by atoms with Crippen LogP contribution in [-0.2, 0) is 0 Å². The SMILES string of the molecule is Cc1ccc(C)c(C(Cl)c2ccc(Br)o2)c1. The van der Waals surface area contributed by atoms with E-state index in [0.29, 0.717) is 4.67 Å². The molecule has 1 aromatic heterocycles. The van der Waals surface area contributed by atoms with Crippen LogP contribution in [0.25, 0.3) is 0 Å². The summed E-state index contributed by atoms with van der Waals surface area (Å²) in [6, 6.07) is 10.0. The maximum Gasteiger partial charge on any atom is 0.169 e. The van der Waals surface area contributed by atoms with Crippen LogP contribution >= 0.6 is 27.5 Å². The maximum absolute atomic E-state index is 6.41. The largest absolute Gasteiger partial charge is 0.452 e. The van der Waals surface area contributed by atoms with Gasteiger partial charge in [-0.2, -0.15) is 0 Å². The Morgan fingerprint density at radius 1 is 1.19 bits per heavy atom. The van der Waals surface area contributed by atoms with Crippen LogP contribution in [0.2, 0.25) is 0 Å². The van der Waals surface area contributed by atoms with Crippen molar-refractivity contribution in [2.75, 3.05) is 0 Å². The van der Waals surface area contributed by atoms with Crippen molar-refractivity contribution in [3.05, 3.63) is 57.5 Å². The van der Waals surface area contributed by atoms with Gasteiger partial charge in [-0.3, -0.25) is 0 Å². The van der Waals surface area contributed by atoms with Gasteiger partial charge in [-0.15, -0.1) is 11.6 Å². The van der Waals surface area contributed by atoms with Gasteiger partial charge in [-0.1, -0.05) is 23.8 Å². The third-order valence-corrected chi connectivity index (χ3v) is 3.43. The number of aryl methyl sites for hydroxylation is 2. The molecule has 1 heterocycles. The predicted molar refractivity (Wildman–Crippen MR) is 70.0 cm³/mol. The Bertz CT molecular complexity index is 504. The van der Waals surface area contributed by atoms with Gasteiger partial charge >= 0.3 is 0 Å². The fraction of sp³-hybridized carbons (Fsp3) is 0.231. The Labute approximate surface area is 109 Å². The lowest BCUT2D eigenvalue weighted by Crippen LogP contribution is -1.95. The molecule has 0 fully saturated rings. The number of benzene rings is 1. The number of furan rings is 1. The van der Waals surface area contributed by atoms with Crippen LogP contribution in [0.4, 0.5) is 0 Å². The second-order valence-corrected chi connectivity index (χ2v) is 5.08. The molecule has 0 aliphatic heterocycles. The molecular formula is C13H12BrClO. The molecule has 84 valence electrons.